The van der Waals surface area contributed by atoms with Crippen LogP contribution in [0.25, 0.3) is 0 Å². The van der Waals surface area contributed by atoms with E-state index in [0.29, 0.717) is 29.1 Å². The van der Waals surface area contributed by atoms with Crippen molar-refractivity contribution in [1.29, 1.82) is 0 Å². The van der Waals surface area contributed by atoms with Crippen LogP contribution in [-0.2, 0) is 11.3 Å². The van der Waals surface area contributed by atoms with Crippen LogP contribution in [0.5, 0.6) is 0 Å². The lowest BCUT2D eigenvalue weighted by atomic mass is 10.1. The number of carbonyl (C=O) groups is 1. The summed E-state index contributed by atoms with van der Waals surface area (Å²) in [6.45, 7) is 5.57. The fourth-order valence-corrected chi connectivity index (χ4v) is 2.21. The minimum absolute atomic E-state index is 0.187. The van der Waals surface area contributed by atoms with Crippen molar-refractivity contribution in [3.63, 3.8) is 0 Å². The second-order valence-electron chi connectivity index (χ2n) is 4.80. The van der Waals surface area contributed by atoms with Crippen LogP contribution in [0, 0.1) is 0 Å². The Balaban J connectivity index is 2.67. The summed E-state index contributed by atoms with van der Waals surface area (Å²) in [4.78, 5) is 12.7. The molecule has 0 unspecified atom stereocenters. The van der Waals surface area contributed by atoms with Gasteiger partial charge in [0.25, 0.3) is 0 Å². The van der Waals surface area contributed by atoms with Gasteiger partial charge in [0.1, 0.15) is 0 Å². The molecule has 0 saturated carbocycles. The summed E-state index contributed by atoms with van der Waals surface area (Å²) in [6, 6.07) is 5.73. The quantitative estimate of drug-likeness (QED) is 0.825. The van der Waals surface area contributed by atoms with Crippen molar-refractivity contribution < 1.29 is 9.90 Å². The lowest BCUT2D eigenvalue weighted by Crippen LogP contribution is -2.31. The first-order valence-electron chi connectivity index (χ1n) is 6.30. The van der Waals surface area contributed by atoms with E-state index in [2.05, 4.69) is 18.7 Å². The largest absolute Gasteiger partial charge is 0.481 e. The van der Waals surface area contributed by atoms with Crippen LogP contribution in [-0.4, -0.2) is 28.6 Å². The van der Waals surface area contributed by atoms with Gasteiger partial charge in [0, 0.05) is 29.1 Å². The molecule has 3 nitrogen and oxygen atoms in total. The monoisotopic (exact) mass is 303 g/mol. The number of carboxylic acid groups (broad SMARTS) is 1. The molecule has 5 heteroatoms. The molecular weight excluding hydrogens is 285 g/mol. The van der Waals surface area contributed by atoms with Crippen LogP contribution < -0.4 is 0 Å². The average molecular weight is 304 g/mol. The summed E-state index contributed by atoms with van der Waals surface area (Å²) < 4.78 is 0. The Bertz CT molecular complexity index is 435. The number of halogens is 2. The zero-order valence-electron chi connectivity index (χ0n) is 11.2. The third-order valence-electron chi connectivity index (χ3n) is 2.95. The molecule has 106 valence electrons. The Morgan fingerprint density at radius 1 is 1.37 bits per heavy atom. The third kappa shape index (κ3) is 5.81. The highest BCUT2D eigenvalue weighted by molar-refractivity contribution is 6.33. The summed E-state index contributed by atoms with van der Waals surface area (Å²) >= 11 is 12.1. The number of aliphatic carboxylic acids is 1. The summed E-state index contributed by atoms with van der Waals surface area (Å²) in [5.41, 5.74) is 0.971. The minimum Gasteiger partial charge on any atom is -0.481 e. The lowest BCUT2D eigenvalue weighted by molar-refractivity contribution is -0.137. The lowest BCUT2D eigenvalue weighted by Gasteiger charge is -2.26. The zero-order valence-corrected chi connectivity index (χ0v) is 12.7. The van der Waals surface area contributed by atoms with E-state index in [9.17, 15) is 4.79 Å². The Labute approximate surface area is 124 Å². The van der Waals surface area contributed by atoms with Crippen LogP contribution in [0.15, 0.2) is 18.2 Å². The summed E-state index contributed by atoms with van der Waals surface area (Å²) in [5.74, 6) is -0.760. The van der Waals surface area contributed by atoms with Gasteiger partial charge in [-0.05, 0) is 50.6 Å². The van der Waals surface area contributed by atoms with Gasteiger partial charge >= 0.3 is 5.97 Å². The second kappa shape index (κ2) is 7.73. The van der Waals surface area contributed by atoms with Gasteiger partial charge < -0.3 is 5.11 Å². The molecule has 1 aromatic carbocycles. The van der Waals surface area contributed by atoms with Crippen molar-refractivity contribution >= 4 is 29.2 Å². The van der Waals surface area contributed by atoms with Crippen LogP contribution in [0.4, 0.5) is 0 Å². The second-order valence-corrected chi connectivity index (χ2v) is 5.64. The number of nitrogens with zero attached hydrogens (tertiary/aromatic N) is 1. The van der Waals surface area contributed by atoms with E-state index in [1.165, 1.54) is 0 Å². The maximum absolute atomic E-state index is 10.6. The molecule has 0 bridgehead atoms. The van der Waals surface area contributed by atoms with Gasteiger partial charge in [-0.3, -0.25) is 9.69 Å². The summed E-state index contributed by atoms with van der Waals surface area (Å²) in [5, 5.41) is 10.0. The highest BCUT2D eigenvalue weighted by atomic mass is 35.5. The van der Waals surface area contributed by atoms with E-state index < -0.39 is 5.97 Å². The molecule has 1 rings (SSSR count). The predicted octanol–water partition coefficient (Wildman–Crippen LogP) is 4.07. The number of benzene rings is 1. The van der Waals surface area contributed by atoms with Gasteiger partial charge in [0.05, 0.1) is 0 Å². The molecule has 1 N–H and O–H groups in total. The molecule has 0 spiro atoms. The molecule has 0 amide bonds. The standard InChI is InChI=1S/C14H19Cl2NO2/c1-10(2)17(7-3-4-14(18)19)9-11-8-12(15)5-6-13(11)16/h5-6,8,10H,3-4,7,9H2,1-2H3,(H,18,19). The zero-order chi connectivity index (χ0) is 14.4. The van der Waals surface area contributed by atoms with E-state index in [-0.39, 0.29) is 6.42 Å². The molecule has 0 aliphatic heterocycles. The first-order valence-corrected chi connectivity index (χ1v) is 7.05. The van der Waals surface area contributed by atoms with Crippen LogP contribution in [0.2, 0.25) is 10.0 Å². The molecule has 0 heterocycles. The van der Waals surface area contributed by atoms with Crippen molar-refractivity contribution in [1.82, 2.24) is 4.90 Å². The topological polar surface area (TPSA) is 40.5 Å². The third-order valence-corrected chi connectivity index (χ3v) is 3.55. The summed E-state index contributed by atoms with van der Waals surface area (Å²) in [7, 11) is 0. The molecule has 0 aliphatic carbocycles. The van der Waals surface area contributed by atoms with Crippen LogP contribution in [0.1, 0.15) is 32.3 Å². The van der Waals surface area contributed by atoms with Crippen molar-refractivity contribution in [3.8, 4) is 0 Å². The van der Waals surface area contributed by atoms with Gasteiger partial charge in [-0.15, -0.1) is 0 Å². The molecule has 19 heavy (non-hydrogen) atoms. The molecule has 0 fully saturated rings. The van der Waals surface area contributed by atoms with Crippen molar-refractivity contribution in [2.24, 2.45) is 0 Å². The molecule has 0 radical (unpaired) electrons. The maximum Gasteiger partial charge on any atom is 0.303 e. The molecular formula is C14H19Cl2NO2. The minimum atomic E-state index is -0.760. The van der Waals surface area contributed by atoms with Gasteiger partial charge in [-0.1, -0.05) is 23.2 Å². The van der Waals surface area contributed by atoms with Crippen LogP contribution >= 0.6 is 23.2 Å². The molecule has 1 aromatic rings. The Morgan fingerprint density at radius 2 is 2.05 bits per heavy atom. The molecule has 0 saturated heterocycles. The van der Waals surface area contributed by atoms with E-state index in [0.717, 1.165) is 12.1 Å². The van der Waals surface area contributed by atoms with Crippen molar-refractivity contribution in [3.05, 3.63) is 33.8 Å². The Kier molecular flexibility index (Phi) is 6.63. The SMILES string of the molecule is CC(C)N(CCCC(=O)O)Cc1cc(Cl)ccc1Cl. The van der Waals surface area contributed by atoms with Gasteiger partial charge in [-0.2, -0.15) is 0 Å². The van der Waals surface area contributed by atoms with E-state index >= 15 is 0 Å². The van der Waals surface area contributed by atoms with E-state index in [1.807, 2.05) is 6.07 Å². The first kappa shape index (κ1) is 16.3. The van der Waals surface area contributed by atoms with Crippen LogP contribution in [0.3, 0.4) is 0 Å². The van der Waals surface area contributed by atoms with Gasteiger partial charge in [-0.25, -0.2) is 0 Å². The number of carboxylic acids is 1. The van der Waals surface area contributed by atoms with E-state index in [4.69, 9.17) is 28.3 Å². The molecule has 0 aliphatic rings. The maximum atomic E-state index is 10.6. The molecule has 0 aromatic heterocycles. The smallest absolute Gasteiger partial charge is 0.303 e. The fraction of sp³-hybridized carbons (Fsp3) is 0.500. The highest BCUT2D eigenvalue weighted by Crippen LogP contribution is 2.23. The predicted molar refractivity (Wildman–Crippen MR) is 78.9 cm³/mol. The highest BCUT2D eigenvalue weighted by Gasteiger charge is 2.13. The van der Waals surface area contributed by atoms with Crippen molar-refractivity contribution in [2.75, 3.05) is 6.54 Å². The van der Waals surface area contributed by atoms with Gasteiger partial charge in [0.15, 0.2) is 0 Å². The fourth-order valence-electron chi connectivity index (χ4n) is 1.84. The number of hydrogen-bond donors (Lipinski definition) is 1. The Hall–Kier alpha value is -0.770. The molecule has 0 atom stereocenters. The number of rotatable bonds is 7. The Morgan fingerprint density at radius 3 is 2.63 bits per heavy atom. The average Bonchev–Trinajstić information content (AvgIpc) is 2.31. The van der Waals surface area contributed by atoms with Gasteiger partial charge in [0.2, 0.25) is 0 Å². The summed E-state index contributed by atoms with van der Waals surface area (Å²) in [6.07, 6.45) is 0.818. The normalized spacial score (nSPS) is 11.3. The van der Waals surface area contributed by atoms with Crippen molar-refractivity contribution in [2.45, 2.75) is 39.3 Å². The first-order chi connectivity index (χ1) is 8.90. The number of hydrogen-bond acceptors (Lipinski definition) is 2. The van der Waals surface area contributed by atoms with E-state index in [1.54, 1.807) is 12.1 Å².